The van der Waals surface area contributed by atoms with Crippen LogP contribution in [0.4, 0.5) is 4.79 Å². The molecule has 1 N–H and O–H groups in total. The molecular weight excluding hydrogens is 372 g/mol. The molecule has 7 nitrogen and oxygen atoms in total. The van der Waals surface area contributed by atoms with Gasteiger partial charge in [0.25, 0.3) is 5.91 Å². The second-order valence-electron chi connectivity index (χ2n) is 8.35. The number of hydrogen-bond donors (Lipinski definition) is 1. The van der Waals surface area contributed by atoms with Gasteiger partial charge >= 0.3 is 12.1 Å². The van der Waals surface area contributed by atoms with E-state index in [0.29, 0.717) is 32.5 Å². The first-order valence-electron chi connectivity index (χ1n) is 10.2. The number of carbonyl (C=O) groups excluding carboxylic acids is 3. The summed E-state index contributed by atoms with van der Waals surface area (Å²) in [6.07, 6.45) is 0.509. The van der Waals surface area contributed by atoms with Gasteiger partial charge in [-0.05, 0) is 52.5 Å². The van der Waals surface area contributed by atoms with E-state index in [1.165, 1.54) is 0 Å². The molecule has 160 valence electrons. The summed E-state index contributed by atoms with van der Waals surface area (Å²) in [6.45, 7) is 8.40. The number of esters is 1. The first-order chi connectivity index (χ1) is 13.7. The Hall–Kier alpha value is -2.57. The number of carbonyl (C=O) groups is 3. The highest BCUT2D eigenvalue weighted by molar-refractivity contribution is 5.84. The highest BCUT2D eigenvalue weighted by atomic mass is 16.6. The van der Waals surface area contributed by atoms with Crippen molar-refractivity contribution < 1.29 is 23.9 Å². The van der Waals surface area contributed by atoms with Crippen molar-refractivity contribution in [1.29, 1.82) is 0 Å². The summed E-state index contributed by atoms with van der Waals surface area (Å²) in [5, 5.41) is 2.80. The molecular formula is C22H32N2O5. The van der Waals surface area contributed by atoms with Crippen LogP contribution < -0.4 is 5.32 Å². The van der Waals surface area contributed by atoms with Crippen LogP contribution in [0.3, 0.4) is 0 Å². The summed E-state index contributed by atoms with van der Waals surface area (Å²) in [7, 11) is 0. The Morgan fingerprint density at radius 3 is 2.34 bits per heavy atom. The minimum atomic E-state index is -0.845. The average molecular weight is 405 g/mol. The predicted molar refractivity (Wildman–Crippen MR) is 109 cm³/mol. The molecule has 0 bridgehead atoms. The quantitative estimate of drug-likeness (QED) is 0.737. The maximum atomic E-state index is 12.4. The number of benzene rings is 1. The molecule has 1 aromatic carbocycles. The lowest BCUT2D eigenvalue weighted by atomic mass is 9.97. The van der Waals surface area contributed by atoms with Crippen molar-refractivity contribution in [1.82, 2.24) is 10.2 Å². The van der Waals surface area contributed by atoms with Crippen LogP contribution in [0.2, 0.25) is 0 Å². The molecule has 0 radical (unpaired) electrons. The van der Waals surface area contributed by atoms with Gasteiger partial charge in [-0.1, -0.05) is 30.3 Å². The van der Waals surface area contributed by atoms with Crippen molar-refractivity contribution in [3.8, 4) is 0 Å². The third-order valence-electron chi connectivity index (χ3n) is 4.70. The number of ether oxygens (including phenoxy) is 2. The minimum Gasteiger partial charge on any atom is -0.452 e. The number of hydrogen-bond acceptors (Lipinski definition) is 5. The fraction of sp³-hybridized carbons (Fsp3) is 0.591. The number of piperidine rings is 1. The SMILES string of the molecule is C[C@H](OC(=O)C1CCN(C(=O)OC(C)(C)C)CC1)C(=O)NCCc1ccccc1. The van der Waals surface area contributed by atoms with Gasteiger partial charge in [-0.2, -0.15) is 0 Å². The van der Waals surface area contributed by atoms with E-state index < -0.39 is 11.7 Å². The first kappa shape index (κ1) is 22.7. The predicted octanol–water partition coefficient (Wildman–Crippen LogP) is 2.92. The fourth-order valence-corrected chi connectivity index (χ4v) is 3.07. The van der Waals surface area contributed by atoms with Crippen LogP contribution in [-0.4, -0.2) is 54.2 Å². The van der Waals surface area contributed by atoms with Crippen LogP contribution in [0.25, 0.3) is 0 Å². The Morgan fingerprint density at radius 1 is 1.14 bits per heavy atom. The van der Waals surface area contributed by atoms with E-state index in [9.17, 15) is 14.4 Å². The smallest absolute Gasteiger partial charge is 0.410 e. The molecule has 1 aliphatic rings. The lowest BCUT2D eigenvalue weighted by molar-refractivity contribution is -0.160. The third kappa shape index (κ3) is 7.75. The number of nitrogens with zero attached hydrogens (tertiary/aromatic N) is 1. The van der Waals surface area contributed by atoms with E-state index in [0.717, 1.165) is 12.0 Å². The highest BCUT2D eigenvalue weighted by Gasteiger charge is 2.32. The van der Waals surface area contributed by atoms with Crippen LogP contribution in [0.15, 0.2) is 30.3 Å². The molecule has 0 saturated carbocycles. The monoisotopic (exact) mass is 404 g/mol. The van der Waals surface area contributed by atoms with Crippen molar-refractivity contribution in [3.63, 3.8) is 0 Å². The van der Waals surface area contributed by atoms with E-state index in [1.807, 2.05) is 51.1 Å². The van der Waals surface area contributed by atoms with Gasteiger partial charge in [0.05, 0.1) is 5.92 Å². The van der Waals surface area contributed by atoms with Crippen molar-refractivity contribution in [3.05, 3.63) is 35.9 Å². The summed E-state index contributed by atoms with van der Waals surface area (Å²) in [5.74, 6) is -1.01. The summed E-state index contributed by atoms with van der Waals surface area (Å²) in [6, 6.07) is 9.85. The van der Waals surface area contributed by atoms with Gasteiger partial charge < -0.3 is 19.7 Å². The maximum Gasteiger partial charge on any atom is 0.410 e. The molecule has 1 aliphatic heterocycles. The number of nitrogens with one attached hydrogen (secondary N) is 1. The van der Waals surface area contributed by atoms with Crippen LogP contribution in [-0.2, 0) is 25.5 Å². The summed E-state index contributed by atoms with van der Waals surface area (Å²) < 4.78 is 10.7. The van der Waals surface area contributed by atoms with Crippen molar-refractivity contribution >= 4 is 18.0 Å². The largest absolute Gasteiger partial charge is 0.452 e. The van der Waals surface area contributed by atoms with Crippen LogP contribution in [0.5, 0.6) is 0 Å². The van der Waals surface area contributed by atoms with Crippen molar-refractivity contribution in [2.24, 2.45) is 5.92 Å². The lowest BCUT2D eigenvalue weighted by Gasteiger charge is -2.32. The van der Waals surface area contributed by atoms with Crippen LogP contribution >= 0.6 is 0 Å². The zero-order valence-electron chi connectivity index (χ0n) is 17.8. The maximum absolute atomic E-state index is 12.4. The molecule has 1 atom stereocenters. The Labute approximate surface area is 172 Å². The minimum absolute atomic E-state index is 0.305. The van der Waals surface area contributed by atoms with Gasteiger partial charge in [-0.25, -0.2) is 4.79 Å². The molecule has 1 heterocycles. The van der Waals surface area contributed by atoms with Gasteiger partial charge in [-0.3, -0.25) is 9.59 Å². The topological polar surface area (TPSA) is 84.9 Å². The molecule has 7 heteroatoms. The third-order valence-corrected chi connectivity index (χ3v) is 4.70. The zero-order chi connectivity index (χ0) is 21.4. The van der Waals surface area contributed by atoms with Crippen LogP contribution in [0.1, 0.15) is 46.1 Å². The first-order valence-corrected chi connectivity index (χ1v) is 10.2. The lowest BCUT2D eigenvalue weighted by Crippen LogP contribution is -2.44. The Balaban J connectivity index is 1.70. The second kappa shape index (κ2) is 10.3. The van der Waals surface area contributed by atoms with Gasteiger partial charge in [0.2, 0.25) is 0 Å². The van der Waals surface area contributed by atoms with E-state index in [4.69, 9.17) is 9.47 Å². The van der Waals surface area contributed by atoms with Gasteiger partial charge in [0, 0.05) is 19.6 Å². The Bertz CT molecular complexity index is 691. The normalized spacial score (nSPS) is 16.1. The van der Waals surface area contributed by atoms with Gasteiger partial charge in [0.15, 0.2) is 6.10 Å². The van der Waals surface area contributed by atoms with E-state index in [1.54, 1.807) is 11.8 Å². The zero-order valence-corrected chi connectivity index (χ0v) is 17.8. The summed E-state index contributed by atoms with van der Waals surface area (Å²) in [5.41, 5.74) is 0.588. The molecule has 0 spiro atoms. The molecule has 2 rings (SSSR count). The second-order valence-corrected chi connectivity index (χ2v) is 8.35. The van der Waals surface area contributed by atoms with E-state index >= 15 is 0 Å². The van der Waals surface area contributed by atoms with Crippen molar-refractivity contribution in [2.45, 2.75) is 58.7 Å². The fourth-order valence-electron chi connectivity index (χ4n) is 3.07. The Morgan fingerprint density at radius 2 is 1.76 bits per heavy atom. The number of likely N-dealkylation sites (tertiary alicyclic amines) is 1. The van der Waals surface area contributed by atoms with Gasteiger partial charge in [-0.15, -0.1) is 0 Å². The molecule has 29 heavy (non-hydrogen) atoms. The molecule has 1 fully saturated rings. The van der Waals surface area contributed by atoms with E-state index in [-0.39, 0.29) is 23.9 Å². The van der Waals surface area contributed by atoms with E-state index in [2.05, 4.69) is 5.32 Å². The molecule has 1 saturated heterocycles. The van der Waals surface area contributed by atoms with Gasteiger partial charge in [0.1, 0.15) is 5.60 Å². The summed E-state index contributed by atoms with van der Waals surface area (Å²) >= 11 is 0. The number of rotatable bonds is 6. The van der Waals surface area contributed by atoms with Crippen LogP contribution in [0, 0.1) is 5.92 Å². The molecule has 0 aromatic heterocycles. The highest BCUT2D eigenvalue weighted by Crippen LogP contribution is 2.21. The van der Waals surface area contributed by atoms with Crippen molar-refractivity contribution in [2.75, 3.05) is 19.6 Å². The Kier molecular flexibility index (Phi) is 8.05. The molecule has 0 unspecified atom stereocenters. The molecule has 0 aliphatic carbocycles. The molecule has 1 aromatic rings. The average Bonchev–Trinajstić information content (AvgIpc) is 2.67. The standard InChI is InChI=1S/C22H32N2O5/c1-16(19(25)23-13-10-17-8-6-5-7-9-17)28-20(26)18-11-14-24(15-12-18)21(27)29-22(2,3)4/h5-9,16,18H,10-15H2,1-4H3,(H,23,25)/t16-/m0/s1. The summed E-state index contributed by atoms with van der Waals surface area (Å²) in [4.78, 5) is 38.2. The number of amides is 2. The molecule has 2 amide bonds.